The first kappa shape index (κ1) is 16.7. The average Bonchev–Trinajstić information content (AvgIpc) is 2.63. The van der Waals surface area contributed by atoms with Crippen LogP contribution in [0.3, 0.4) is 0 Å². The van der Waals surface area contributed by atoms with Gasteiger partial charge in [-0.05, 0) is 6.92 Å². The summed E-state index contributed by atoms with van der Waals surface area (Å²) < 4.78 is 80.8. The molecule has 0 aromatic carbocycles. The van der Waals surface area contributed by atoms with Crippen molar-refractivity contribution in [3.05, 3.63) is 18.7 Å². The van der Waals surface area contributed by atoms with Gasteiger partial charge in [-0.2, -0.15) is 22.0 Å². The molecule has 0 aliphatic heterocycles. The van der Waals surface area contributed by atoms with E-state index in [9.17, 15) is 30.7 Å². The van der Waals surface area contributed by atoms with Gasteiger partial charge in [0.25, 0.3) is 0 Å². The number of alkyl halides is 7. The van der Waals surface area contributed by atoms with Crippen molar-refractivity contribution in [2.75, 3.05) is 0 Å². The van der Waals surface area contributed by atoms with E-state index in [1.54, 1.807) is 0 Å². The fourth-order valence-electron chi connectivity index (χ4n) is 0.812. The van der Waals surface area contributed by atoms with Crippen LogP contribution in [0.5, 0.6) is 0 Å². The smallest absolute Gasteiger partial charge is 0.240 e. The van der Waals surface area contributed by atoms with Gasteiger partial charge in [0.1, 0.15) is 12.4 Å². The third kappa shape index (κ3) is 4.53. The molecule has 1 aromatic rings. The number of halogens is 7. The van der Waals surface area contributed by atoms with Crippen molar-refractivity contribution in [2.24, 2.45) is 7.05 Å². The maximum atomic E-state index is 11.2. The van der Waals surface area contributed by atoms with Crippen molar-refractivity contribution in [3.8, 4) is 0 Å². The summed E-state index contributed by atoms with van der Waals surface area (Å²) in [5, 5.41) is 0. The highest BCUT2D eigenvalue weighted by molar-refractivity contribution is 4.77. The quantitative estimate of drug-likeness (QED) is 0.582. The Morgan fingerprint density at radius 3 is 1.78 bits per heavy atom. The monoisotopic (exact) mass is 281 g/mol. The summed E-state index contributed by atoms with van der Waals surface area (Å²) in [6.07, 6.45) is -4.72. The van der Waals surface area contributed by atoms with Crippen LogP contribution in [0, 0.1) is 0 Å². The summed E-state index contributed by atoms with van der Waals surface area (Å²) in [6.45, 7) is 3.18. The Morgan fingerprint density at radius 2 is 1.67 bits per heavy atom. The highest BCUT2D eigenvalue weighted by Gasteiger charge is 2.64. The number of hydrogen-bond acceptors (Lipinski definition) is 0. The van der Waals surface area contributed by atoms with E-state index in [2.05, 4.69) is 24.0 Å². The standard InChI is InChI=1S/C6H11N2.C3HF7/c1-3-8-5-4-7(2)6-8;4-1(5)2(6,7)3(8,9)10/h4-6H,3H2,1-2H3;1H/q+1;. The largest absolute Gasteiger partial charge is 0.459 e. The molecule has 0 aliphatic carbocycles. The molecule has 2 nitrogen and oxygen atoms in total. The summed E-state index contributed by atoms with van der Waals surface area (Å²) >= 11 is 0. The number of aryl methyl sites for hydroxylation is 2. The minimum Gasteiger partial charge on any atom is -0.240 e. The fraction of sp³-hybridized carbons (Fsp3) is 0.667. The van der Waals surface area contributed by atoms with E-state index in [-0.39, 0.29) is 0 Å². The maximum Gasteiger partial charge on any atom is 0.459 e. The van der Waals surface area contributed by atoms with Crippen LogP contribution < -0.4 is 4.57 Å². The van der Waals surface area contributed by atoms with Crippen molar-refractivity contribution in [2.45, 2.75) is 32.0 Å². The van der Waals surface area contributed by atoms with Crippen LogP contribution in [0.2, 0.25) is 0 Å². The minimum absolute atomic E-state index is 1.06. The summed E-state index contributed by atoms with van der Waals surface area (Å²) in [5.41, 5.74) is 0. The summed E-state index contributed by atoms with van der Waals surface area (Å²) in [5.74, 6) is -5.90. The van der Waals surface area contributed by atoms with E-state index in [0.717, 1.165) is 6.54 Å². The Bertz CT molecular complexity index is 356. The Morgan fingerprint density at radius 1 is 1.17 bits per heavy atom. The van der Waals surface area contributed by atoms with Gasteiger partial charge in [-0.15, -0.1) is 0 Å². The Kier molecular flexibility index (Phi) is 5.62. The lowest BCUT2D eigenvalue weighted by atomic mass is 10.3. The van der Waals surface area contributed by atoms with E-state index in [4.69, 9.17) is 0 Å². The average molecular weight is 281 g/mol. The molecule has 1 aromatic heterocycles. The highest BCUT2D eigenvalue weighted by Crippen LogP contribution is 2.39. The van der Waals surface area contributed by atoms with Crippen LogP contribution in [0.4, 0.5) is 30.7 Å². The molecule has 0 bridgehead atoms. The Balaban J connectivity index is 0.000000327. The predicted molar refractivity (Wildman–Crippen MR) is 48.3 cm³/mol. The Labute approximate surface area is 98.6 Å². The normalized spacial score (nSPS) is 12.3. The summed E-state index contributed by atoms with van der Waals surface area (Å²) in [7, 11) is 2.02. The third-order valence-corrected chi connectivity index (χ3v) is 1.84. The zero-order valence-electron chi connectivity index (χ0n) is 9.56. The van der Waals surface area contributed by atoms with Crippen molar-refractivity contribution in [1.29, 1.82) is 0 Å². The molecule has 18 heavy (non-hydrogen) atoms. The molecule has 0 radical (unpaired) electrons. The second-order valence-corrected chi connectivity index (χ2v) is 3.33. The molecule has 0 saturated carbocycles. The van der Waals surface area contributed by atoms with Crippen molar-refractivity contribution >= 4 is 0 Å². The molecule has 0 aliphatic rings. The topological polar surface area (TPSA) is 8.81 Å². The first-order valence-electron chi connectivity index (χ1n) is 4.76. The molecule has 0 amide bonds. The molecular weight excluding hydrogens is 269 g/mol. The maximum absolute atomic E-state index is 11.2. The second kappa shape index (κ2) is 6.05. The van der Waals surface area contributed by atoms with Crippen molar-refractivity contribution in [3.63, 3.8) is 0 Å². The van der Waals surface area contributed by atoms with Gasteiger partial charge in [0, 0.05) is 0 Å². The van der Waals surface area contributed by atoms with E-state index in [1.807, 2.05) is 17.8 Å². The van der Waals surface area contributed by atoms with E-state index in [0.29, 0.717) is 0 Å². The van der Waals surface area contributed by atoms with Gasteiger partial charge >= 0.3 is 18.5 Å². The number of imidazole rings is 1. The number of nitrogens with zero attached hydrogens (tertiary/aromatic N) is 2. The van der Waals surface area contributed by atoms with Crippen LogP contribution in [-0.2, 0) is 13.6 Å². The number of rotatable bonds is 2. The van der Waals surface area contributed by atoms with Gasteiger partial charge in [-0.3, -0.25) is 0 Å². The van der Waals surface area contributed by atoms with Crippen LogP contribution in [0.15, 0.2) is 18.7 Å². The molecule has 0 unspecified atom stereocenters. The lowest BCUT2D eigenvalue weighted by Gasteiger charge is -2.17. The molecule has 0 spiro atoms. The van der Waals surface area contributed by atoms with Crippen molar-refractivity contribution in [1.82, 2.24) is 4.57 Å². The van der Waals surface area contributed by atoms with Gasteiger partial charge < -0.3 is 0 Å². The molecule has 106 valence electrons. The second-order valence-electron chi connectivity index (χ2n) is 3.33. The van der Waals surface area contributed by atoms with Gasteiger partial charge in [0.05, 0.1) is 13.6 Å². The van der Waals surface area contributed by atoms with E-state index < -0.39 is 18.5 Å². The molecule has 1 rings (SSSR count). The predicted octanol–water partition coefficient (Wildman–Crippen LogP) is 2.78. The van der Waals surface area contributed by atoms with Gasteiger partial charge in [-0.1, -0.05) is 0 Å². The zero-order valence-corrected chi connectivity index (χ0v) is 9.56. The van der Waals surface area contributed by atoms with Crippen LogP contribution >= 0.6 is 0 Å². The van der Waals surface area contributed by atoms with Gasteiger partial charge in [-0.25, -0.2) is 17.9 Å². The molecule has 0 saturated heterocycles. The lowest BCUT2D eigenvalue weighted by molar-refractivity contribution is -0.671. The molecule has 9 heteroatoms. The fourth-order valence-corrected chi connectivity index (χ4v) is 0.812. The van der Waals surface area contributed by atoms with Gasteiger partial charge in [0.2, 0.25) is 6.33 Å². The molecule has 0 atom stereocenters. The zero-order chi connectivity index (χ0) is 14.6. The van der Waals surface area contributed by atoms with Gasteiger partial charge in [0.15, 0.2) is 0 Å². The molecule has 0 N–H and O–H groups in total. The van der Waals surface area contributed by atoms with E-state index >= 15 is 0 Å². The SMILES string of the molecule is CCn1cc[n+](C)c1.FC(F)C(F)(F)C(F)(F)F. The van der Waals surface area contributed by atoms with E-state index in [1.165, 1.54) is 0 Å². The van der Waals surface area contributed by atoms with Crippen LogP contribution in [0.25, 0.3) is 0 Å². The number of aromatic nitrogens is 2. The molecule has 0 fully saturated rings. The van der Waals surface area contributed by atoms with Crippen LogP contribution in [0.1, 0.15) is 6.92 Å². The number of hydrogen-bond donors (Lipinski definition) is 0. The van der Waals surface area contributed by atoms with Crippen LogP contribution in [-0.4, -0.2) is 23.1 Å². The summed E-state index contributed by atoms with van der Waals surface area (Å²) in [6, 6.07) is 0. The Hall–Kier alpha value is -1.28. The summed E-state index contributed by atoms with van der Waals surface area (Å²) in [4.78, 5) is 0. The highest BCUT2D eigenvalue weighted by atomic mass is 19.4. The first-order valence-corrected chi connectivity index (χ1v) is 4.76. The lowest BCUT2D eigenvalue weighted by Crippen LogP contribution is -2.42. The third-order valence-electron chi connectivity index (χ3n) is 1.84. The first-order chi connectivity index (χ1) is 8.02. The van der Waals surface area contributed by atoms with Crippen molar-refractivity contribution < 1.29 is 35.3 Å². The minimum atomic E-state index is -6.17. The molecular formula is C9H12F7N2+. The molecule has 1 heterocycles.